The summed E-state index contributed by atoms with van der Waals surface area (Å²) in [5, 5.41) is 3.07. The number of nitrogen functional groups attached to an aromatic ring is 1. The zero-order chi connectivity index (χ0) is 15.6. The van der Waals surface area contributed by atoms with Gasteiger partial charge < -0.3 is 20.2 Å². The fourth-order valence-electron chi connectivity index (χ4n) is 2.15. The third-order valence-electron chi connectivity index (χ3n) is 3.11. The lowest BCUT2D eigenvalue weighted by Crippen LogP contribution is -2.32. The number of H-pyrrole nitrogens is 1. The van der Waals surface area contributed by atoms with Crippen molar-refractivity contribution in [2.24, 2.45) is 5.92 Å². The van der Waals surface area contributed by atoms with Crippen LogP contribution in [0.2, 0.25) is 0 Å². The lowest BCUT2D eigenvalue weighted by atomic mass is 10.0. The van der Waals surface area contributed by atoms with Gasteiger partial charge in [-0.3, -0.25) is 4.98 Å². The third-order valence-corrected chi connectivity index (χ3v) is 3.11. The molecule has 1 aromatic carbocycles. The van der Waals surface area contributed by atoms with Crippen LogP contribution in [0.1, 0.15) is 20.3 Å². The Morgan fingerprint density at radius 1 is 1.48 bits per heavy atom. The van der Waals surface area contributed by atoms with Gasteiger partial charge in [-0.1, -0.05) is 13.8 Å². The first-order valence-corrected chi connectivity index (χ1v) is 6.67. The molecule has 4 N–H and O–H groups in total. The van der Waals surface area contributed by atoms with Crippen molar-refractivity contribution in [2.75, 3.05) is 18.2 Å². The second kappa shape index (κ2) is 5.90. The minimum Gasteiger partial charge on any atom is -0.467 e. The number of aromatic amines is 1. The van der Waals surface area contributed by atoms with Gasteiger partial charge in [0, 0.05) is 6.07 Å². The summed E-state index contributed by atoms with van der Waals surface area (Å²) < 4.78 is 9.73. The number of methoxy groups -OCH3 is 1. The van der Waals surface area contributed by atoms with Crippen molar-refractivity contribution < 1.29 is 13.9 Å². The Hall–Kier alpha value is -2.44. The maximum absolute atomic E-state index is 11.8. The number of carbonyl (C=O) groups excluding carboxylic acids is 1. The number of aromatic nitrogens is 1. The van der Waals surface area contributed by atoms with Crippen molar-refractivity contribution in [3.63, 3.8) is 0 Å². The van der Waals surface area contributed by atoms with E-state index in [-0.39, 0.29) is 5.97 Å². The Labute approximate surface area is 121 Å². The van der Waals surface area contributed by atoms with Crippen LogP contribution in [0.25, 0.3) is 11.1 Å². The zero-order valence-electron chi connectivity index (χ0n) is 12.2. The SMILES string of the molecule is COC(=O)C(CC(C)C)Nc1cc2[nH]c(=O)oc2cc1N. The number of rotatable bonds is 5. The van der Waals surface area contributed by atoms with Crippen LogP contribution in [-0.2, 0) is 9.53 Å². The van der Waals surface area contributed by atoms with Crippen LogP contribution in [0, 0.1) is 5.92 Å². The molecule has 0 spiro atoms. The van der Waals surface area contributed by atoms with Crippen molar-refractivity contribution in [2.45, 2.75) is 26.3 Å². The number of nitrogens with one attached hydrogen (secondary N) is 2. The van der Waals surface area contributed by atoms with Crippen molar-refractivity contribution in [3.05, 3.63) is 22.7 Å². The molecule has 2 rings (SSSR count). The number of hydrogen-bond acceptors (Lipinski definition) is 6. The van der Waals surface area contributed by atoms with E-state index in [2.05, 4.69) is 10.3 Å². The summed E-state index contributed by atoms with van der Waals surface area (Å²) in [6.07, 6.45) is 0.603. The molecule has 1 aromatic heterocycles. The van der Waals surface area contributed by atoms with Crippen LogP contribution in [0.3, 0.4) is 0 Å². The quantitative estimate of drug-likeness (QED) is 0.571. The van der Waals surface area contributed by atoms with Gasteiger partial charge in [-0.25, -0.2) is 9.59 Å². The highest BCUT2D eigenvalue weighted by atomic mass is 16.5. The molecule has 0 bridgehead atoms. The number of nitrogens with two attached hydrogens (primary N) is 1. The van der Waals surface area contributed by atoms with Crippen molar-refractivity contribution in [1.29, 1.82) is 0 Å². The summed E-state index contributed by atoms with van der Waals surface area (Å²) in [4.78, 5) is 25.6. The van der Waals surface area contributed by atoms with Crippen LogP contribution in [-0.4, -0.2) is 24.1 Å². The van der Waals surface area contributed by atoms with Crippen LogP contribution in [0.15, 0.2) is 21.3 Å². The molecule has 0 fully saturated rings. The first kappa shape index (κ1) is 15.0. The van der Waals surface area contributed by atoms with E-state index in [1.165, 1.54) is 7.11 Å². The summed E-state index contributed by atoms with van der Waals surface area (Å²) in [7, 11) is 1.34. The maximum atomic E-state index is 11.8. The van der Waals surface area contributed by atoms with Crippen LogP contribution < -0.4 is 16.8 Å². The second-order valence-corrected chi connectivity index (χ2v) is 5.30. The second-order valence-electron chi connectivity index (χ2n) is 5.30. The molecule has 1 atom stereocenters. The molecule has 0 saturated heterocycles. The van der Waals surface area contributed by atoms with Gasteiger partial charge >= 0.3 is 11.7 Å². The highest BCUT2D eigenvalue weighted by Crippen LogP contribution is 2.26. The Morgan fingerprint density at radius 3 is 2.81 bits per heavy atom. The van der Waals surface area contributed by atoms with Gasteiger partial charge in [-0.05, 0) is 18.4 Å². The summed E-state index contributed by atoms with van der Waals surface area (Å²) in [6.45, 7) is 4.02. The molecular weight excluding hydrogens is 274 g/mol. The topological polar surface area (TPSA) is 110 Å². The molecule has 0 aliphatic heterocycles. The first-order chi connectivity index (χ1) is 9.90. The molecule has 1 unspecified atom stereocenters. The number of ether oxygens (including phenoxy) is 1. The standard InChI is InChI=1S/C14H19N3O4/c1-7(2)4-11(13(18)20-3)16-9-6-10-12(5-8(9)15)21-14(19)17-10/h5-7,11,16H,4,15H2,1-3H3,(H,17,19). The number of carbonyl (C=O) groups is 1. The van der Waals surface area contributed by atoms with Crippen LogP contribution in [0.4, 0.5) is 11.4 Å². The van der Waals surface area contributed by atoms with Crippen molar-refractivity contribution >= 4 is 28.4 Å². The Kier molecular flexibility index (Phi) is 4.21. The largest absolute Gasteiger partial charge is 0.467 e. The molecular formula is C14H19N3O4. The van der Waals surface area contributed by atoms with Gasteiger partial charge in [0.2, 0.25) is 0 Å². The lowest BCUT2D eigenvalue weighted by Gasteiger charge is -2.20. The zero-order valence-corrected chi connectivity index (χ0v) is 12.2. The molecule has 0 aliphatic carbocycles. The molecule has 21 heavy (non-hydrogen) atoms. The van der Waals surface area contributed by atoms with E-state index in [9.17, 15) is 9.59 Å². The van der Waals surface area contributed by atoms with E-state index in [1.807, 2.05) is 13.8 Å². The smallest absolute Gasteiger partial charge is 0.417 e. The van der Waals surface area contributed by atoms with E-state index in [0.717, 1.165) is 0 Å². The van der Waals surface area contributed by atoms with Gasteiger partial charge in [-0.2, -0.15) is 0 Å². The van der Waals surface area contributed by atoms with Crippen LogP contribution in [0.5, 0.6) is 0 Å². The monoisotopic (exact) mass is 293 g/mol. The third kappa shape index (κ3) is 3.36. The molecule has 0 saturated carbocycles. The maximum Gasteiger partial charge on any atom is 0.417 e. The van der Waals surface area contributed by atoms with Gasteiger partial charge in [0.25, 0.3) is 0 Å². The Balaban J connectivity index is 2.32. The normalized spacial score (nSPS) is 12.6. The average molecular weight is 293 g/mol. The summed E-state index contributed by atoms with van der Waals surface area (Å²) in [5.41, 5.74) is 7.76. The molecule has 7 nitrogen and oxygen atoms in total. The molecule has 7 heteroatoms. The number of oxazole rings is 1. The van der Waals surface area contributed by atoms with E-state index in [0.29, 0.717) is 34.8 Å². The highest BCUT2D eigenvalue weighted by Gasteiger charge is 2.21. The summed E-state index contributed by atoms with van der Waals surface area (Å²) >= 11 is 0. The fraction of sp³-hybridized carbons (Fsp3) is 0.429. The van der Waals surface area contributed by atoms with Gasteiger partial charge in [0.1, 0.15) is 6.04 Å². The minimum atomic E-state index is -0.548. The predicted octanol–water partition coefficient (Wildman–Crippen LogP) is 1.70. The Bertz CT molecular complexity index is 702. The van der Waals surface area contributed by atoms with E-state index in [1.54, 1.807) is 12.1 Å². The number of fused-ring (bicyclic) bond motifs is 1. The lowest BCUT2D eigenvalue weighted by molar-refractivity contribution is -0.141. The summed E-state index contributed by atoms with van der Waals surface area (Å²) in [6, 6.07) is 2.68. The van der Waals surface area contributed by atoms with Gasteiger partial charge in [0.05, 0.1) is 24.0 Å². The average Bonchev–Trinajstić information content (AvgIpc) is 2.76. The Morgan fingerprint density at radius 2 is 2.19 bits per heavy atom. The molecule has 2 aromatic rings. The van der Waals surface area contributed by atoms with Crippen molar-refractivity contribution in [3.8, 4) is 0 Å². The molecule has 0 radical (unpaired) electrons. The van der Waals surface area contributed by atoms with Gasteiger partial charge in [0.15, 0.2) is 5.58 Å². The fourth-order valence-corrected chi connectivity index (χ4v) is 2.15. The molecule has 114 valence electrons. The number of anilines is 2. The predicted molar refractivity (Wildman–Crippen MR) is 80.1 cm³/mol. The van der Waals surface area contributed by atoms with Crippen LogP contribution >= 0.6 is 0 Å². The van der Waals surface area contributed by atoms with Gasteiger partial charge in [-0.15, -0.1) is 0 Å². The molecule has 0 amide bonds. The number of benzene rings is 1. The molecule has 0 aliphatic rings. The first-order valence-electron chi connectivity index (χ1n) is 6.67. The van der Waals surface area contributed by atoms with Crippen molar-refractivity contribution in [1.82, 2.24) is 4.98 Å². The highest BCUT2D eigenvalue weighted by molar-refractivity contribution is 5.87. The number of hydrogen-bond donors (Lipinski definition) is 3. The number of esters is 1. The van der Waals surface area contributed by atoms with E-state index in [4.69, 9.17) is 14.9 Å². The summed E-state index contributed by atoms with van der Waals surface area (Å²) in [5.74, 6) is -0.600. The van der Waals surface area contributed by atoms with E-state index < -0.39 is 11.8 Å². The minimum absolute atomic E-state index is 0.306. The molecule has 1 heterocycles. The van der Waals surface area contributed by atoms with E-state index >= 15 is 0 Å².